The maximum Gasteiger partial charge on any atom is 0.271 e. The number of fused-ring (bicyclic) bond motifs is 1. The summed E-state index contributed by atoms with van der Waals surface area (Å²) in [4.78, 5) is 18.2. The summed E-state index contributed by atoms with van der Waals surface area (Å²) in [6.07, 6.45) is 3.36. The number of aromatic nitrogens is 2. The topological polar surface area (TPSA) is 34.4 Å². The maximum absolute atomic E-state index is 12.3. The molecule has 0 amide bonds. The monoisotopic (exact) mass is 332 g/mol. The second-order valence-corrected chi connectivity index (χ2v) is 5.94. The molecule has 3 nitrogen and oxygen atoms in total. The Balaban J connectivity index is 2.04. The molecule has 5 heteroatoms. The lowest BCUT2D eigenvalue weighted by Gasteiger charge is -2.03. The Bertz CT molecular complexity index is 783. The normalized spacial score (nSPS) is 10.8. The maximum atomic E-state index is 12.3. The van der Waals surface area contributed by atoms with Crippen LogP contribution in [0, 0.1) is 0 Å². The molecule has 3 aromatic rings. The van der Waals surface area contributed by atoms with Gasteiger partial charge in [0.15, 0.2) is 0 Å². The molecule has 0 radical (unpaired) electrons. The number of nitrogens with zero attached hydrogens (tertiary/aromatic N) is 2. The summed E-state index contributed by atoms with van der Waals surface area (Å²) in [5.74, 6) is 0. The molecular weight excluding hydrogens is 324 g/mol. The molecule has 0 atom stereocenters. The summed E-state index contributed by atoms with van der Waals surface area (Å²) in [6, 6.07) is 13.3. The number of hydrogen-bond donors (Lipinski definition) is 0. The van der Waals surface area contributed by atoms with Crippen LogP contribution in [0.4, 0.5) is 0 Å². The second-order valence-electron chi connectivity index (χ2n) is 3.91. The van der Waals surface area contributed by atoms with Gasteiger partial charge >= 0.3 is 0 Å². The van der Waals surface area contributed by atoms with E-state index in [1.165, 1.54) is 11.8 Å². The minimum atomic E-state index is -0.0430. The molecule has 0 spiro atoms. The smallest absolute Gasteiger partial charge is 0.268 e. The van der Waals surface area contributed by atoms with Gasteiger partial charge < -0.3 is 0 Å². The van der Waals surface area contributed by atoms with E-state index in [0.717, 1.165) is 9.37 Å². The van der Waals surface area contributed by atoms with Crippen molar-refractivity contribution in [3.8, 4) is 0 Å². The third kappa shape index (κ3) is 2.57. The van der Waals surface area contributed by atoms with E-state index in [1.807, 2.05) is 42.5 Å². The highest BCUT2D eigenvalue weighted by Gasteiger charge is 2.06. The van der Waals surface area contributed by atoms with Crippen molar-refractivity contribution in [3.63, 3.8) is 0 Å². The van der Waals surface area contributed by atoms with Gasteiger partial charge in [0.2, 0.25) is 0 Å². The molecule has 0 saturated carbocycles. The van der Waals surface area contributed by atoms with E-state index in [9.17, 15) is 4.79 Å². The van der Waals surface area contributed by atoms with E-state index >= 15 is 0 Å². The number of hydrogen-bond acceptors (Lipinski definition) is 3. The molecule has 0 aliphatic heterocycles. The molecule has 94 valence electrons. The van der Waals surface area contributed by atoms with Crippen LogP contribution in [-0.2, 0) is 0 Å². The number of benzene rings is 1. The van der Waals surface area contributed by atoms with Crippen LogP contribution < -0.4 is 5.56 Å². The highest BCUT2D eigenvalue weighted by molar-refractivity contribution is 9.10. The summed E-state index contributed by atoms with van der Waals surface area (Å²) in [5, 5.41) is 0. The molecule has 2 aromatic heterocycles. The van der Waals surface area contributed by atoms with Gasteiger partial charge in [-0.3, -0.25) is 9.20 Å². The molecular formula is C14H9BrN2OS. The Morgan fingerprint density at radius 3 is 2.68 bits per heavy atom. The molecule has 19 heavy (non-hydrogen) atoms. The van der Waals surface area contributed by atoms with Crippen molar-refractivity contribution < 1.29 is 0 Å². The van der Waals surface area contributed by atoms with Gasteiger partial charge in [-0.1, -0.05) is 33.8 Å². The van der Waals surface area contributed by atoms with E-state index < -0.39 is 0 Å². The molecule has 2 heterocycles. The quantitative estimate of drug-likeness (QED) is 0.719. The molecule has 0 aliphatic carbocycles. The van der Waals surface area contributed by atoms with Gasteiger partial charge in [-0.2, -0.15) is 0 Å². The largest absolute Gasteiger partial charge is 0.271 e. The van der Waals surface area contributed by atoms with E-state index in [2.05, 4.69) is 20.9 Å². The van der Waals surface area contributed by atoms with Crippen molar-refractivity contribution >= 4 is 33.3 Å². The van der Waals surface area contributed by atoms with Crippen LogP contribution in [0.1, 0.15) is 0 Å². The Hall–Kier alpha value is -1.59. The molecule has 0 fully saturated rings. The first kappa shape index (κ1) is 12.4. The van der Waals surface area contributed by atoms with Crippen molar-refractivity contribution in [1.82, 2.24) is 9.38 Å². The molecule has 0 N–H and O–H groups in total. The first-order valence-electron chi connectivity index (χ1n) is 5.64. The summed E-state index contributed by atoms with van der Waals surface area (Å²) in [5.41, 5.74) is 0.617. The number of halogens is 1. The summed E-state index contributed by atoms with van der Waals surface area (Å²) >= 11 is 4.81. The van der Waals surface area contributed by atoms with Gasteiger partial charge in [0.05, 0.1) is 4.90 Å². The second kappa shape index (κ2) is 5.19. The minimum absolute atomic E-state index is 0.0430. The third-order valence-electron chi connectivity index (χ3n) is 2.62. The van der Waals surface area contributed by atoms with Crippen LogP contribution >= 0.6 is 27.7 Å². The van der Waals surface area contributed by atoms with Gasteiger partial charge in [0.25, 0.3) is 5.56 Å². The van der Waals surface area contributed by atoms with E-state index in [1.54, 1.807) is 16.8 Å². The molecule has 1 aromatic carbocycles. The van der Waals surface area contributed by atoms with Gasteiger partial charge in [-0.05, 0) is 36.4 Å². The lowest BCUT2D eigenvalue weighted by molar-refractivity contribution is 0.985. The van der Waals surface area contributed by atoms with Gasteiger partial charge in [0.1, 0.15) is 5.65 Å². The average molecular weight is 333 g/mol. The van der Waals surface area contributed by atoms with Crippen LogP contribution in [0.5, 0.6) is 0 Å². The molecule has 3 rings (SSSR count). The highest BCUT2D eigenvalue weighted by atomic mass is 79.9. The minimum Gasteiger partial charge on any atom is -0.268 e. The predicted octanol–water partition coefficient (Wildman–Crippen LogP) is 3.61. The summed E-state index contributed by atoms with van der Waals surface area (Å²) in [6.45, 7) is 0. The van der Waals surface area contributed by atoms with Crippen LogP contribution in [0.3, 0.4) is 0 Å². The zero-order valence-corrected chi connectivity index (χ0v) is 12.2. The van der Waals surface area contributed by atoms with Crippen LogP contribution in [-0.4, -0.2) is 9.38 Å². The van der Waals surface area contributed by atoms with Gasteiger partial charge in [-0.25, -0.2) is 4.98 Å². The third-order valence-corrected chi connectivity index (χ3v) is 4.16. The zero-order valence-electron chi connectivity index (χ0n) is 9.79. The molecule has 0 bridgehead atoms. The zero-order chi connectivity index (χ0) is 13.2. The van der Waals surface area contributed by atoms with Crippen molar-refractivity contribution in [2.45, 2.75) is 9.79 Å². The van der Waals surface area contributed by atoms with Crippen molar-refractivity contribution in [3.05, 3.63) is 69.7 Å². The van der Waals surface area contributed by atoms with Crippen molar-refractivity contribution in [2.75, 3.05) is 0 Å². The fourth-order valence-corrected chi connectivity index (χ4v) is 2.79. The van der Waals surface area contributed by atoms with Crippen molar-refractivity contribution in [2.24, 2.45) is 0 Å². The first-order valence-corrected chi connectivity index (χ1v) is 7.25. The van der Waals surface area contributed by atoms with E-state index in [4.69, 9.17) is 0 Å². The average Bonchev–Trinajstić information content (AvgIpc) is 2.45. The summed E-state index contributed by atoms with van der Waals surface area (Å²) < 4.78 is 2.58. The molecule has 0 saturated heterocycles. The fourth-order valence-electron chi connectivity index (χ4n) is 1.71. The molecule has 0 aliphatic rings. The fraction of sp³-hybridized carbons (Fsp3) is 0. The molecule has 0 unspecified atom stereocenters. The lowest BCUT2D eigenvalue weighted by Crippen LogP contribution is -2.15. The van der Waals surface area contributed by atoms with Gasteiger partial charge in [0, 0.05) is 21.8 Å². The van der Waals surface area contributed by atoms with Crippen LogP contribution in [0.25, 0.3) is 5.65 Å². The Morgan fingerprint density at radius 2 is 1.89 bits per heavy atom. The van der Waals surface area contributed by atoms with Crippen LogP contribution in [0.2, 0.25) is 0 Å². The summed E-state index contributed by atoms with van der Waals surface area (Å²) in [7, 11) is 0. The number of pyridine rings is 1. The Labute approximate surface area is 122 Å². The first-order chi connectivity index (χ1) is 9.24. The SMILES string of the molecule is O=c1c(Sc2ccc(Br)cc2)cnc2ccccn12. The predicted molar refractivity (Wildman–Crippen MR) is 79.7 cm³/mol. The van der Waals surface area contributed by atoms with E-state index in [0.29, 0.717) is 10.5 Å². The highest BCUT2D eigenvalue weighted by Crippen LogP contribution is 2.25. The standard InChI is InChI=1S/C14H9BrN2OS/c15-10-4-6-11(7-5-10)19-12-9-16-13-3-1-2-8-17(13)14(12)18/h1-9H. The Kier molecular flexibility index (Phi) is 3.40. The lowest BCUT2D eigenvalue weighted by atomic mass is 10.4. The van der Waals surface area contributed by atoms with Crippen LogP contribution in [0.15, 0.2) is 73.9 Å². The van der Waals surface area contributed by atoms with E-state index in [-0.39, 0.29) is 5.56 Å². The van der Waals surface area contributed by atoms with Crippen molar-refractivity contribution in [1.29, 1.82) is 0 Å². The Morgan fingerprint density at radius 1 is 1.11 bits per heavy atom. The van der Waals surface area contributed by atoms with Gasteiger partial charge in [-0.15, -0.1) is 0 Å². The number of rotatable bonds is 2.